The SMILES string of the molecule is CC(/C=c1/c(=C\c2ccc(N=Nc3cccc4ccccc34)cc2)c2cc(O)ccc2n1C)c1ccccc1. The number of nitrogens with zero attached hydrogens (tertiary/aromatic N) is 3. The molecule has 0 fully saturated rings. The van der Waals surface area contributed by atoms with E-state index >= 15 is 0 Å². The van der Waals surface area contributed by atoms with Crippen molar-refractivity contribution < 1.29 is 5.11 Å². The van der Waals surface area contributed by atoms with Gasteiger partial charge in [0, 0.05) is 39.8 Å². The van der Waals surface area contributed by atoms with E-state index in [0.717, 1.165) is 49.2 Å². The number of hydrogen-bond donors (Lipinski definition) is 1. The zero-order valence-electron chi connectivity index (χ0n) is 22.0. The summed E-state index contributed by atoms with van der Waals surface area (Å²) in [5.41, 5.74) is 5.03. The summed E-state index contributed by atoms with van der Waals surface area (Å²) in [6.07, 6.45) is 4.47. The van der Waals surface area contributed by atoms with Gasteiger partial charge in [0.15, 0.2) is 0 Å². The maximum absolute atomic E-state index is 10.3. The Kier molecular flexibility index (Phi) is 6.52. The highest BCUT2D eigenvalue weighted by Gasteiger charge is 2.09. The Hall–Kier alpha value is -4.96. The second-order valence-corrected chi connectivity index (χ2v) is 9.86. The molecule has 1 N–H and O–H groups in total. The molecule has 0 amide bonds. The van der Waals surface area contributed by atoms with Crippen LogP contribution in [0.3, 0.4) is 0 Å². The summed E-state index contributed by atoms with van der Waals surface area (Å²) >= 11 is 0. The number of aryl methyl sites for hydroxylation is 1. The average Bonchev–Trinajstić information content (AvgIpc) is 3.22. The molecular weight excluding hydrogens is 478 g/mol. The molecule has 1 heterocycles. The van der Waals surface area contributed by atoms with Crippen molar-refractivity contribution >= 4 is 45.2 Å². The van der Waals surface area contributed by atoms with Crippen LogP contribution >= 0.6 is 0 Å². The van der Waals surface area contributed by atoms with E-state index in [1.54, 1.807) is 6.07 Å². The summed E-state index contributed by atoms with van der Waals surface area (Å²) in [6.45, 7) is 2.21. The molecule has 1 aromatic heterocycles. The lowest BCUT2D eigenvalue weighted by Crippen LogP contribution is -2.28. The molecule has 0 radical (unpaired) electrons. The van der Waals surface area contributed by atoms with E-state index in [1.807, 2.05) is 54.6 Å². The second-order valence-electron chi connectivity index (χ2n) is 9.86. The number of rotatable bonds is 5. The number of aromatic hydroxyl groups is 1. The Bertz CT molecular complexity index is 1930. The van der Waals surface area contributed by atoms with Gasteiger partial charge in [0.25, 0.3) is 0 Å². The standard InChI is InChI=1S/C35H29N3O/c1-24(26-9-4-3-5-10-26)21-35-31(32-23-29(39)19-20-34(32)38(35)2)22-25-15-17-28(18-16-25)36-37-33-14-8-12-27-11-6-7-13-30(27)33/h3-24,39H,1-2H3/b31-22-,35-21-,37-36?. The van der Waals surface area contributed by atoms with Crippen LogP contribution in [-0.4, -0.2) is 9.67 Å². The van der Waals surface area contributed by atoms with Gasteiger partial charge in [0.2, 0.25) is 0 Å². The van der Waals surface area contributed by atoms with Gasteiger partial charge < -0.3 is 9.67 Å². The number of hydrogen-bond acceptors (Lipinski definition) is 3. The summed E-state index contributed by atoms with van der Waals surface area (Å²) in [7, 11) is 2.08. The lowest BCUT2D eigenvalue weighted by molar-refractivity contribution is 0.476. The van der Waals surface area contributed by atoms with Crippen molar-refractivity contribution in [3.63, 3.8) is 0 Å². The third kappa shape index (κ3) is 4.97. The highest BCUT2D eigenvalue weighted by atomic mass is 16.3. The fourth-order valence-corrected chi connectivity index (χ4v) is 5.13. The third-order valence-electron chi connectivity index (χ3n) is 7.25. The number of phenolic OH excluding ortho intramolecular Hbond substituents is 1. The van der Waals surface area contributed by atoms with Crippen molar-refractivity contribution in [2.45, 2.75) is 12.8 Å². The van der Waals surface area contributed by atoms with E-state index in [-0.39, 0.29) is 11.7 Å². The van der Waals surface area contributed by atoms with Crippen molar-refractivity contribution in [3.8, 4) is 5.75 Å². The van der Waals surface area contributed by atoms with E-state index in [9.17, 15) is 5.11 Å². The number of benzene rings is 5. The first-order valence-electron chi connectivity index (χ1n) is 13.1. The number of aromatic nitrogens is 1. The molecule has 1 unspecified atom stereocenters. The normalized spacial score (nSPS) is 13.6. The fraction of sp³-hybridized carbons (Fsp3) is 0.0857. The van der Waals surface area contributed by atoms with Crippen LogP contribution in [-0.2, 0) is 7.05 Å². The Morgan fingerprint density at radius 1 is 0.744 bits per heavy atom. The predicted octanol–water partition coefficient (Wildman–Crippen LogP) is 7.87. The third-order valence-corrected chi connectivity index (χ3v) is 7.25. The highest BCUT2D eigenvalue weighted by Crippen LogP contribution is 2.27. The van der Waals surface area contributed by atoms with Gasteiger partial charge in [0.05, 0.1) is 11.4 Å². The summed E-state index contributed by atoms with van der Waals surface area (Å²) in [5, 5.41) is 24.8. The Morgan fingerprint density at radius 2 is 1.49 bits per heavy atom. The molecule has 0 saturated carbocycles. The van der Waals surface area contributed by atoms with Gasteiger partial charge >= 0.3 is 0 Å². The first-order valence-corrected chi connectivity index (χ1v) is 13.1. The van der Waals surface area contributed by atoms with Crippen LogP contribution in [0.15, 0.2) is 125 Å². The van der Waals surface area contributed by atoms with E-state index < -0.39 is 0 Å². The zero-order chi connectivity index (χ0) is 26.8. The summed E-state index contributed by atoms with van der Waals surface area (Å²) in [6, 6.07) is 38.4. The Balaban J connectivity index is 1.40. The predicted molar refractivity (Wildman–Crippen MR) is 161 cm³/mol. The number of phenols is 1. The van der Waals surface area contributed by atoms with Gasteiger partial charge in [-0.3, -0.25) is 0 Å². The van der Waals surface area contributed by atoms with Gasteiger partial charge in [-0.1, -0.05) is 91.9 Å². The van der Waals surface area contributed by atoms with Gasteiger partial charge in [0.1, 0.15) is 5.75 Å². The molecule has 0 aliphatic heterocycles. The molecule has 4 nitrogen and oxygen atoms in total. The lowest BCUT2D eigenvalue weighted by Gasteiger charge is -2.06. The lowest BCUT2D eigenvalue weighted by atomic mass is 10.0. The van der Waals surface area contributed by atoms with Crippen molar-refractivity contribution in [2.75, 3.05) is 0 Å². The summed E-state index contributed by atoms with van der Waals surface area (Å²) in [5.74, 6) is 0.487. The van der Waals surface area contributed by atoms with Gasteiger partial charge in [-0.05, 0) is 59.0 Å². The Morgan fingerprint density at radius 3 is 2.31 bits per heavy atom. The van der Waals surface area contributed by atoms with Crippen LogP contribution in [0, 0.1) is 0 Å². The quantitative estimate of drug-likeness (QED) is 0.237. The minimum Gasteiger partial charge on any atom is -0.508 e. The minimum atomic E-state index is 0.229. The smallest absolute Gasteiger partial charge is 0.116 e. The summed E-state index contributed by atoms with van der Waals surface area (Å²) in [4.78, 5) is 0. The van der Waals surface area contributed by atoms with Crippen molar-refractivity contribution in [1.82, 2.24) is 4.57 Å². The van der Waals surface area contributed by atoms with Crippen molar-refractivity contribution in [1.29, 1.82) is 0 Å². The van der Waals surface area contributed by atoms with Crippen LogP contribution in [0.2, 0.25) is 0 Å². The van der Waals surface area contributed by atoms with Gasteiger partial charge in [-0.15, -0.1) is 5.11 Å². The maximum Gasteiger partial charge on any atom is 0.116 e. The van der Waals surface area contributed by atoms with Crippen LogP contribution in [0.4, 0.5) is 11.4 Å². The molecule has 6 rings (SSSR count). The van der Waals surface area contributed by atoms with Crippen LogP contribution in [0.1, 0.15) is 24.0 Å². The van der Waals surface area contributed by atoms with E-state index in [0.29, 0.717) is 0 Å². The van der Waals surface area contributed by atoms with E-state index in [1.165, 1.54) is 5.56 Å². The zero-order valence-corrected chi connectivity index (χ0v) is 22.0. The van der Waals surface area contributed by atoms with Crippen LogP contribution in [0.25, 0.3) is 33.8 Å². The second kappa shape index (κ2) is 10.4. The average molecular weight is 508 g/mol. The number of azo groups is 1. The molecular formula is C35H29N3O. The van der Waals surface area contributed by atoms with Crippen LogP contribution < -0.4 is 10.6 Å². The first-order chi connectivity index (χ1) is 19.1. The topological polar surface area (TPSA) is 49.9 Å². The van der Waals surface area contributed by atoms with E-state index in [2.05, 4.69) is 95.5 Å². The van der Waals surface area contributed by atoms with Crippen LogP contribution in [0.5, 0.6) is 5.75 Å². The molecule has 0 spiro atoms. The molecule has 1 atom stereocenters. The molecule has 39 heavy (non-hydrogen) atoms. The largest absolute Gasteiger partial charge is 0.508 e. The summed E-state index contributed by atoms with van der Waals surface area (Å²) < 4.78 is 2.20. The molecule has 0 aliphatic rings. The highest BCUT2D eigenvalue weighted by molar-refractivity contribution is 5.92. The first kappa shape index (κ1) is 24.4. The van der Waals surface area contributed by atoms with E-state index in [4.69, 9.17) is 0 Å². The Labute approximate surface area is 227 Å². The van der Waals surface area contributed by atoms with Gasteiger partial charge in [-0.2, -0.15) is 5.11 Å². The maximum atomic E-state index is 10.3. The van der Waals surface area contributed by atoms with Crippen molar-refractivity contribution in [2.24, 2.45) is 17.3 Å². The minimum absolute atomic E-state index is 0.229. The molecule has 0 aliphatic carbocycles. The number of fused-ring (bicyclic) bond motifs is 2. The molecule has 190 valence electrons. The molecule has 5 aromatic carbocycles. The molecule has 6 aromatic rings. The van der Waals surface area contributed by atoms with Crippen molar-refractivity contribution in [3.05, 3.63) is 137 Å². The molecule has 0 bridgehead atoms. The monoisotopic (exact) mass is 507 g/mol. The molecule has 0 saturated heterocycles. The fourth-order valence-electron chi connectivity index (χ4n) is 5.13. The van der Waals surface area contributed by atoms with Gasteiger partial charge in [-0.25, -0.2) is 0 Å². The molecule has 4 heteroatoms.